The standard InChI is InChI=1S/C21H22N4O2/c1-24-13-16-10-15(3-5-19(16)23-24)20-11-14-2-4-17(12-18(14)21(26)27-20)25-8-6-22-7-9-25/h2-5,10,12-13,20,22H,6-9,11H2,1H3. The highest BCUT2D eigenvalue weighted by Gasteiger charge is 2.28. The van der Waals surface area contributed by atoms with Crippen LogP contribution >= 0.6 is 0 Å². The molecule has 0 spiro atoms. The van der Waals surface area contributed by atoms with Gasteiger partial charge in [0.15, 0.2) is 0 Å². The number of hydrogen-bond acceptors (Lipinski definition) is 5. The first-order valence-electron chi connectivity index (χ1n) is 9.40. The number of nitrogens with zero attached hydrogens (tertiary/aromatic N) is 3. The summed E-state index contributed by atoms with van der Waals surface area (Å²) in [5.41, 5.74) is 4.82. The van der Waals surface area contributed by atoms with Crippen molar-refractivity contribution in [2.24, 2.45) is 7.05 Å². The number of rotatable bonds is 2. The van der Waals surface area contributed by atoms with Gasteiger partial charge in [0.05, 0.1) is 11.1 Å². The van der Waals surface area contributed by atoms with Crippen LogP contribution in [0.15, 0.2) is 42.6 Å². The lowest BCUT2D eigenvalue weighted by Crippen LogP contribution is -2.43. The molecule has 6 nitrogen and oxygen atoms in total. The summed E-state index contributed by atoms with van der Waals surface area (Å²) in [6, 6.07) is 12.3. The number of nitrogens with one attached hydrogen (secondary N) is 1. The van der Waals surface area contributed by atoms with Gasteiger partial charge in [-0.25, -0.2) is 4.79 Å². The van der Waals surface area contributed by atoms with Crippen LogP contribution in [0.25, 0.3) is 10.9 Å². The second-order valence-electron chi connectivity index (χ2n) is 7.30. The number of cyclic esters (lactones) is 1. The van der Waals surface area contributed by atoms with Crippen molar-refractivity contribution in [1.29, 1.82) is 0 Å². The van der Waals surface area contributed by atoms with E-state index in [-0.39, 0.29) is 12.1 Å². The van der Waals surface area contributed by atoms with Crippen LogP contribution in [0, 0.1) is 0 Å². The first-order valence-corrected chi connectivity index (χ1v) is 9.40. The number of fused-ring (bicyclic) bond motifs is 2. The number of benzene rings is 2. The van der Waals surface area contributed by atoms with E-state index in [2.05, 4.69) is 33.5 Å². The second kappa shape index (κ2) is 6.39. The molecule has 0 aliphatic carbocycles. The predicted octanol–water partition coefficient (Wildman–Crippen LogP) is 2.44. The van der Waals surface area contributed by atoms with Gasteiger partial charge in [0.1, 0.15) is 6.10 Å². The third-order valence-electron chi connectivity index (χ3n) is 5.46. The Hall–Kier alpha value is -2.86. The third kappa shape index (κ3) is 2.96. The van der Waals surface area contributed by atoms with Crippen LogP contribution in [0.4, 0.5) is 5.69 Å². The predicted molar refractivity (Wildman–Crippen MR) is 104 cm³/mol. The van der Waals surface area contributed by atoms with Crippen molar-refractivity contribution in [2.45, 2.75) is 12.5 Å². The lowest BCUT2D eigenvalue weighted by atomic mass is 9.93. The van der Waals surface area contributed by atoms with E-state index in [1.54, 1.807) is 4.68 Å². The minimum absolute atomic E-state index is 0.232. The third-order valence-corrected chi connectivity index (χ3v) is 5.46. The molecule has 2 aromatic carbocycles. The molecule has 2 aliphatic rings. The maximum atomic E-state index is 12.7. The van der Waals surface area contributed by atoms with E-state index in [9.17, 15) is 4.79 Å². The summed E-state index contributed by atoms with van der Waals surface area (Å²) in [5, 5.41) is 8.82. The normalized spacial score (nSPS) is 19.8. The van der Waals surface area contributed by atoms with E-state index < -0.39 is 0 Å². The van der Waals surface area contributed by atoms with Crippen molar-refractivity contribution >= 4 is 22.6 Å². The Morgan fingerprint density at radius 2 is 2.00 bits per heavy atom. The fraction of sp³-hybridized carbons (Fsp3) is 0.333. The molecule has 2 aliphatic heterocycles. The summed E-state index contributed by atoms with van der Waals surface area (Å²) in [6.45, 7) is 3.87. The average molecular weight is 362 g/mol. The number of esters is 1. The zero-order valence-electron chi connectivity index (χ0n) is 15.3. The average Bonchev–Trinajstić information content (AvgIpc) is 3.07. The smallest absolute Gasteiger partial charge is 0.339 e. The Morgan fingerprint density at radius 1 is 1.15 bits per heavy atom. The fourth-order valence-electron chi connectivity index (χ4n) is 4.04. The highest BCUT2D eigenvalue weighted by molar-refractivity contribution is 5.93. The van der Waals surface area contributed by atoms with Gasteiger partial charge in [0, 0.05) is 56.9 Å². The van der Waals surface area contributed by atoms with Gasteiger partial charge in [-0.1, -0.05) is 12.1 Å². The van der Waals surface area contributed by atoms with Gasteiger partial charge in [-0.05, 0) is 35.4 Å². The van der Waals surface area contributed by atoms with Crippen LogP contribution in [0.3, 0.4) is 0 Å². The Morgan fingerprint density at radius 3 is 2.85 bits per heavy atom. The molecule has 1 unspecified atom stereocenters. The van der Waals surface area contributed by atoms with Gasteiger partial charge in [-0.3, -0.25) is 4.68 Å². The number of ether oxygens (including phenoxy) is 1. The van der Waals surface area contributed by atoms with Gasteiger partial charge in [0.25, 0.3) is 0 Å². The second-order valence-corrected chi connectivity index (χ2v) is 7.30. The molecule has 1 atom stereocenters. The Bertz CT molecular complexity index is 1020. The molecule has 138 valence electrons. The minimum atomic E-state index is -0.250. The molecule has 0 saturated carbocycles. The van der Waals surface area contributed by atoms with Crippen molar-refractivity contribution in [3.8, 4) is 0 Å². The molecule has 1 fully saturated rings. The van der Waals surface area contributed by atoms with Crippen LogP contribution in [0.1, 0.15) is 27.6 Å². The van der Waals surface area contributed by atoms with Crippen LogP contribution in [-0.2, 0) is 18.2 Å². The number of carbonyl (C=O) groups excluding carboxylic acids is 1. The summed E-state index contributed by atoms with van der Waals surface area (Å²) < 4.78 is 7.60. The molecule has 0 radical (unpaired) electrons. The molecular weight excluding hydrogens is 340 g/mol. The van der Waals surface area contributed by atoms with Crippen LogP contribution < -0.4 is 10.2 Å². The number of aryl methyl sites for hydroxylation is 1. The van der Waals surface area contributed by atoms with Crippen LogP contribution in [-0.4, -0.2) is 41.9 Å². The van der Waals surface area contributed by atoms with Crippen LogP contribution in [0.5, 0.6) is 0 Å². The Labute approximate surface area is 157 Å². The van der Waals surface area contributed by atoms with Gasteiger partial charge in [-0.15, -0.1) is 0 Å². The van der Waals surface area contributed by atoms with E-state index in [0.29, 0.717) is 12.0 Å². The highest BCUT2D eigenvalue weighted by Crippen LogP contribution is 2.33. The lowest BCUT2D eigenvalue weighted by molar-refractivity contribution is 0.0253. The van der Waals surface area contributed by atoms with Crippen molar-refractivity contribution in [2.75, 3.05) is 31.1 Å². The Balaban J connectivity index is 1.43. The number of aromatic nitrogens is 2. The maximum Gasteiger partial charge on any atom is 0.339 e. The summed E-state index contributed by atoms with van der Waals surface area (Å²) in [4.78, 5) is 15.0. The summed E-state index contributed by atoms with van der Waals surface area (Å²) in [5.74, 6) is -0.232. The van der Waals surface area contributed by atoms with Gasteiger partial charge in [-0.2, -0.15) is 5.10 Å². The molecule has 3 heterocycles. The zero-order chi connectivity index (χ0) is 18.4. The first-order chi connectivity index (χ1) is 13.2. The van der Waals surface area contributed by atoms with E-state index in [1.165, 1.54) is 0 Å². The summed E-state index contributed by atoms with van der Waals surface area (Å²) in [6.07, 6.45) is 2.44. The topological polar surface area (TPSA) is 59.4 Å². The van der Waals surface area contributed by atoms with Gasteiger partial charge >= 0.3 is 5.97 Å². The molecule has 0 bridgehead atoms. The maximum absolute atomic E-state index is 12.7. The number of carbonyl (C=O) groups is 1. The molecule has 3 aromatic rings. The summed E-state index contributed by atoms with van der Waals surface area (Å²) in [7, 11) is 1.91. The monoisotopic (exact) mass is 362 g/mol. The van der Waals surface area contributed by atoms with Gasteiger partial charge < -0.3 is 15.0 Å². The molecule has 0 amide bonds. The quantitative estimate of drug-likeness (QED) is 0.710. The largest absolute Gasteiger partial charge is 0.454 e. The molecule has 6 heteroatoms. The first kappa shape index (κ1) is 16.3. The minimum Gasteiger partial charge on any atom is -0.454 e. The highest BCUT2D eigenvalue weighted by atomic mass is 16.5. The van der Waals surface area contributed by atoms with Crippen molar-refractivity contribution < 1.29 is 9.53 Å². The van der Waals surface area contributed by atoms with Crippen molar-refractivity contribution in [1.82, 2.24) is 15.1 Å². The number of hydrogen-bond donors (Lipinski definition) is 1. The molecular formula is C21H22N4O2. The lowest BCUT2D eigenvalue weighted by Gasteiger charge is -2.31. The van der Waals surface area contributed by atoms with E-state index in [4.69, 9.17) is 4.74 Å². The van der Waals surface area contributed by atoms with E-state index >= 15 is 0 Å². The zero-order valence-corrected chi connectivity index (χ0v) is 15.3. The molecule has 1 saturated heterocycles. The van der Waals surface area contributed by atoms with Crippen molar-refractivity contribution in [3.05, 3.63) is 59.3 Å². The number of piperazine rings is 1. The van der Waals surface area contributed by atoms with Gasteiger partial charge in [0.2, 0.25) is 0 Å². The van der Waals surface area contributed by atoms with Crippen molar-refractivity contribution in [3.63, 3.8) is 0 Å². The molecule has 5 rings (SSSR count). The van der Waals surface area contributed by atoms with E-state index in [1.807, 2.05) is 31.4 Å². The van der Waals surface area contributed by atoms with E-state index in [0.717, 1.165) is 53.9 Å². The molecule has 1 aromatic heterocycles. The Kier molecular flexibility index (Phi) is 3.86. The fourth-order valence-corrected chi connectivity index (χ4v) is 4.04. The number of anilines is 1. The SMILES string of the molecule is Cn1cc2cc(C3Cc4ccc(N5CCNCC5)cc4C(=O)O3)ccc2n1. The molecule has 27 heavy (non-hydrogen) atoms. The molecule has 1 N–H and O–H groups in total. The summed E-state index contributed by atoms with van der Waals surface area (Å²) >= 11 is 0. The van der Waals surface area contributed by atoms with Crippen LogP contribution in [0.2, 0.25) is 0 Å².